The fraction of sp³-hybridized carbons (Fsp3) is 0.0625. The molecule has 0 spiro atoms. The van der Waals surface area contributed by atoms with Gasteiger partial charge >= 0.3 is 5.97 Å². The number of fused-ring (bicyclic) bond motifs is 1. The molecule has 0 bridgehead atoms. The molecule has 0 radical (unpaired) electrons. The first-order valence-corrected chi connectivity index (χ1v) is 6.39. The molecule has 0 fully saturated rings. The van der Waals surface area contributed by atoms with Crippen LogP contribution in [0.4, 0.5) is 0 Å². The third-order valence-corrected chi connectivity index (χ3v) is 3.26. The first-order valence-electron chi connectivity index (χ1n) is 6.39. The normalized spacial score (nSPS) is 10.7. The van der Waals surface area contributed by atoms with Gasteiger partial charge in [-0.1, -0.05) is 18.2 Å². The second-order valence-corrected chi connectivity index (χ2v) is 4.76. The van der Waals surface area contributed by atoms with Gasteiger partial charge in [0.1, 0.15) is 0 Å². The lowest BCUT2D eigenvalue weighted by Gasteiger charge is -2.03. The standard InChI is InChI=1S/C16H12N2O3/c1-9(19)15-17-13-6-5-11(8-14(13)18-15)10-3-2-4-12(7-10)16(20)21/h2-8H,1H3,(H,17,18)(H,20,21). The number of aromatic amines is 1. The Morgan fingerprint density at radius 1 is 1.10 bits per heavy atom. The quantitative estimate of drug-likeness (QED) is 0.722. The largest absolute Gasteiger partial charge is 0.478 e. The van der Waals surface area contributed by atoms with Crippen molar-refractivity contribution in [3.8, 4) is 11.1 Å². The minimum absolute atomic E-state index is 0.124. The van der Waals surface area contributed by atoms with Crippen LogP contribution in [0.5, 0.6) is 0 Å². The average molecular weight is 280 g/mol. The van der Waals surface area contributed by atoms with Crippen molar-refractivity contribution in [3.05, 3.63) is 53.9 Å². The first-order chi connectivity index (χ1) is 10.0. The van der Waals surface area contributed by atoms with E-state index in [9.17, 15) is 9.59 Å². The predicted octanol–water partition coefficient (Wildman–Crippen LogP) is 3.13. The van der Waals surface area contributed by atoms with Gasteiger partial charge in [-0.25, -0.2) is 9.78 Å². The monoisotopic (exact) mass is 280 g/mol. The number of nitrogens with zero attached hydrogens (tertiary/aromatic N) is 1. The van der Waals surface area contributed by atoms with Crippen molar-refractivity contribution in [2.75, 3.05) is 0 Å². The summed E-state index contributed by atoms with van der Waals surface area (Å²) in [6.45, 7) is 1.45. The minimum Gasteiger partial charge on any atom is -0.478 e. The maximum absolute atomic E-state index is 11.3. The van der Waals surface area contributed by atoms with Gasteiger partial charge in [0, 0.05) is 6.92 Å². The van der Waals surface area contributed by atoms with Gasteiger partial charge < -0.3 is 10.1 Å². The van der Waals surface area contributed by atoms with E-state index in [0.29, 0.717) is 11.3 Å². The molecular weight excluding hydrogens is 268 g/mol. The van der Waals surface area contributed by atoms with E-state index >= 15 is 0 Å². The molecule has 0 aliphatic heterocycles. The lowest BCUT2D eigenvalue weighted by molar-refractivity contribution is 0.0696. The van der Waals surface area contributed by atoms with Crippen LogP contribution < -0.4 is 0 Å². The third-order valence-electron chi connectivity index (χ3n) is 3.26. The summed E-state index contributed by atoms with van der Waals surface area (Å²) in [6, 6.07) is 12.2. The van der Waals surface area contributed by atoms with E-state index in [0.717, 1.165) is 16.6 Å². The van der Waals surface area contributed by atoms with Crippen LogP contribution in [0.15, 0.2) is 42.5 Å². The Labute approximate surface area is 120 Å². The number of carbonyl (C=O) groups is 2. The van der Waals surface area contributed by atoms with Crippen molar-refractivity contribution in [1.82, 2.24) is 9.97 Å². The fourth-order valence-corrected chi connectivity index (χ4v) is 2.19. The number of carboxylic acid groups (broad SMARTS) is 1. The number of ketones is 1. The van der Waals surface area contributed by atoms with E-state index in [4.69, 9.17) is 5.11 Å². The summed E-state index contributed by atoms with van der Waals surface area (Å²) in [5, 5.41) is 9.04. The summed E-state index contributed by atoms with van der Waals surface area (Å²) < 4.78 is 0. The van der Waals surface area contributed by atoms with Crippen molar-refractivity contribution < 1.29 is 14.7 Å². The van der Waals surface area contributed by atoms with Gasteiger partial charge in [0.15, 0.2) is 11.6 Å². The number of benzene rings is 2. The Morgan fingerprint density at radius 3 is 2.57 bits per heavy atom. The van der Waals surface area contributed by atoms with Crippen LogP contribution in [0.3, 0.4) is 0 Å². The molecule has 0 unspecified atom stereocenters. The summed E-state index contributed by atoms with van der Waals surface area (Å²) in [5.74, 6) is -0.764. The zero-order chi connectivity index (χ0) is 15.0. The van der Waals surface area contributed by atoms with Crippen LogP contribution in [0.2, 0.25) is 0 Å². The van der Waals surface area contributed by atoms with E-state index < -0.39 is 5.97 Å². The number of carbonyl (C=O) groups excluding carboxylic acids is 1. The molecule has 0 aliphatic rings. The number of rotatable bonds is 3. The Hall–Kier alpha value is -2.95. The molecule has 0 saturated heterocycles. The summed E-state index contributed by atoms with van der Waals surface area (Å²) in [7, 11) is 0. The topological polar surface area (TPSA) is 83.1 Å². The van der Waals surface area contributed by atoms with Gasteiger partial charge in [0.2, 0.25) is 0 Å². The van der Waals surface area contributed by atoms with Gasteiger partial charge in [-0.05, 0) is 35.4 Å². The third kappa shape index (κ3) is 2.41. The Morgan fingerprint density at radius 2 is 1.86 bits per heavy atom. The van der Waals surface area contributed by atoms with E-state index in [1.165, 1.54) is 6.92 Å². The molecule has 5 nitrogen and oxygen atoms in total. The van der Waals surface area contributed by atoms with Gasteiger partial charge in [-0.2, -0.15) is 0 Å². The maximum atomic E-state index is 11.3. The molecular formula is C16H12N2O3. The zero-order valence-electron chi connectivity index (χ0n) is 11.3. The van der Waals surface area contributed by atoms with Gasteiger partial charge in [0.05, 0.1) is 16.6 Å². The molecule has 0 aliphatic carbocycles. The SMILES string of the molecule is CC(=O)c1nc2ccc(-c3cccc(C(=O)O)c3)cc2[nH]1. The maximum Gasteiger partial charge on any atom is 0.335 e. The number of aromatic carboxylic acids is 1. The van der Waals surface area contributed by atoms with E-state index in [2.05, 4.69) is 9.97 Å². The number of imidazole rings is 1. The predicted molar refractivity (Wildman–Crippen MR) is 78.5 cm³/mol. The first kappa shape index (κ1) is 13.1. The minimum atomic E-state index is -0.960. The second kappa shape index (κ2) is 4.86. The molecule has 1 aromatic heterocycles. The van der Waals surface area contributed by atoms with Crippen molar-refractivity contribution in [3.63, 3.8) is 0 Å². The van der Waals surface area contributed by atoms with E-state index in [1.54, 1.807) is 24.3 Å². The number of carboxylic acids is 1. The number of hydrogen-bond donors (Lipinski definition) is 2. The van der Waals surface area contributed by atoms with E-state index in [1.807, 2.05) is 18.2 Å². The van der Waals surface area contributed by atoms with Crippen molar-refractivity contribution in [1.29, 1.82) is 0 Å². The molecule has 2 aromatic carbocycles. The number of aromatic nitrogens is 2. The molecule has 3 aromatic rings. The molecule has 5 heteroatoms. The Balaban J connectivity index is 2.10. The van der Waals surface area contributed by atoms with Crippen LogP contribution in [0, 0.1) is 0 Å². The summed E-state index contributed by atoms with van der Waals surface area (Å²) in [6.07, 6.45) is 0. The number of nitrogens with one attached hydrogen (secondary N) is 1. The highest BCUT2D eigenvalue weighted by atomic mass is 16.4. The molecule has 1 heterocycles. The average Bonchev–Trinajstić information content (AvgIpc) is 2.90. The van der Waals surface area contributed by atoms with Crippen LogP contribution in [-0.4, -0.2) is 26.8 Å². The Kier molecular flexibility index (Phi) is 3.02. The fourth-order valence-electron chi connectivity index (χ4n) is 2.19. The lowest BCUT2D eigenvalue weighted by atomic mass is 10.0. The Bertz CT molecular complexity index is 865. The molecule has 0 amide bonds. The van der Waals surface area contributed by atoms with Crippen LogP contribution >= 0.6 is 0 Å². The summed E-state index contributed by atoms with van der Waals surface area (Å²) in [4.78, 5) is 29.5. The smallest absolute Gasteiger partial charge is 0.335 e. The highest BCUT2D eigenvalue weighted by Gasteiger charge is 2.09. The van der Waals surface area contributed by atoms with Crippen molar-refractivity contribution in [2.45, 2.75) is 6.92 Å². The summed E-state index contributed by atoms with van der Waals surface area (Å²) >= 11 is 0. The zero-order valence-corrected chi connectivity index (χ0v) is 11.3. The molecule has 2 N–H and O–H groups in total. The van der Waals surface area contributed by atoms with E-state index in [-0.39, 0.29) is 11.3 Å². The van der Waals surface area contributed by atoms with Gasteiger partial charge in [-0.3, -0.25) is 4.79 Å². The summed E-state index contributed by atoms with van der Waals surface area (Å²) in [5.41, 5.74) is 3.36. The number of Topliss-reactive ketones (excluding diaryl/α,β-unsaturated/α-hetero) is 1. The molecule has 0 atom stereocenters. The van der Waals surface area contributed by atoms with Crippen LogP contribution in [0.25, 0.3) is 22.2 Å². The highest BCUT2D eigenvalue weighted by molar-refractivity contribution is 5.95. The van der Waals surface area contributed by atoms with Crippen LogP contribution in [0.1, 0.15) is 27.9 Å². The van der Waals surface area contributed by atoms with Gasteiger partial charge in [-0.15, -0.1) is 0 Å². The molecule has 21 heavy (non-hydrogen) atoms. The van der Waals surface area contributed by atoms with Gasteiger partial charge in [0.25, 0.3) is 0 Å². The molecule has 104 valence electrons. The lowest BCUT2D eigenvalue weighted by Crippen LogP contribution is -1.95. The highest BCUT2D eigenvalue weighted by Crippen LogP contribution is 2.24. The van der Waals surface area contributed by atoms with Crippen LogP contribution in [-0.2, 0) is 0 Å². The molecule has 0 saturated carbocycles. The molecule has 3 rings (SSSR count). The van der Waals surface area contributed by atoms with Crippen molar-refractivity contribution >= 4 is 22.8 Å². The number of H-pyrrole nitrogens is 1. The number of hydrogen-bond acceptors (Lipinski definition) is 3. The van der Waals surface area contributed by atoms with Crippen molar-refractivity contribution in [2.24, 2.45) is 0 Å². The second-order valence-electron chi connectivity index (χ2n) is 4.76.